The highest BCUT2D eigenvalue weighted by Gasteiger charge is 2.48. The highest BCUT2D eigenvalue weighted by atomic mass is 31.2. The van der Waals surface area contributed by atoms with Gasteiger partial charge in [0.1, 0.15) is 24.2 Å². The molecule has 0 radical (unpaired) electrons. The molecule has 0 unspecified atom stereocenters. The summed E-state index contributed by atoms with van der Waals surface area (Å²) in [7, 11) is -5.22. The summed E-state index contributed by atoms with van der Waals surface area (Å²) >= 11 is 0. The predicted molar refractivity (Wildman–Crippen MR) is 91.2 cm³/mol. The van der Waals surface area contributed by atoms with Crippen molar-refractivity contribution in [3.8, 4) is 0 Å². The minimum absolute atomic E-state index is 0.149. The van der Waals surface area contributed by atoms with Gasteiger partial charge >= 0.3 is 11.9 Å². The highest BCUT2D eigenvalue weighted by molar-refractivity contribution is 7.43. The Labute approximate surface area is 174 Å². The molecule has 15 nitrogen and oxygen atoms in total. The number of hydrogen-bond acceptors (Lipinski definition) is 10. The van der Waals surface area contributed by atoms with Crippen molar-refractivity contribution in [3.63, 3.8) is 0 Å². The molecule has 0 saturated carbocycles. The Morgan fingerprint density at radius 3 is 2.35 bits per heavy atom. The quantitative estimate of drug-likeness (QED) is 0.154. The second-order valence-corrected chi connectivity index (χ2v) is 7.48. The van der Waals surface area contributed by atoms with Crippen LogP contribution in [0.2, 0.25) is 0 Å². The Morgan fingerprint density at radius 2 is 1.90 bits per heavy atom. The van der Waals surface area contributed by atoms with E-state index in [1.54, 1.807) is 0 Å². The molecular weight excluding hydrogens is 445 g/mol. The Morgan fingerprint density at radius 1 is 1.29 bits per heavy atom. The lowest BCUT2D eigenvalue weighted by molar-refractivity contribution is -0.765. The van der Waals surface area contributed by atoms with E-state index in [1.807, 2.05) is 0 Å². The van der Waals surface area contributed by atoms with E-state index < -0.39 is 69.3 Å². The van der Waals surface area contributed by atoms with E-state index in [-0.39, 0.29) is 5.56 Å². The molecule has 0 aromatic carbocycles. The fourth-order valence-electron chi connectivity index (χ4n) is 2.37. The molecule has 1 aliphatic heterocycles. The number of primary amides is 1. The summed E-state index contributed by atoms with van der Waals surface area (Å²) in [6.45, 7) is -0.727. The van der Waals surface area contributed by atoms with Crippen LogP contribution in [0.25, 0.3) is 0 Å². The minimum atomic E-state index is -5.22. The molecule has 1 saturated heterocycles. The zero-order valence-electron chi connectivity index (χ0n) is 15.8. The molecule has 0 aliphatic carbocycles. The number of hydrogen-bond donors (Lipinski definition) is 6. The van der Waals surface area contributed by atoms with Crippen LogP contribution in [0.15, 0.2) is 24.5 Å². The monoisotopic (exact) mass is 467 g/mol. The third-order valence-corrected chi connectivity index (χ3v) is 4.37. The van der Waals surface area contributed by atoms with Crippen LogP contribution < -0.4 is 25.8 Å². The van der Waals surface area contributed by atoms with Gasteiger partial charge in [0.15, 0.2) is 24.5 Å². The number of phosphoric acid groups is 1. The third kappa shape index (κ3) is 8.64. The molecule has 0 spiro atoms. The Hall–Kier alpha value is -2.49. The maximum atomic E-state index is 11.1. The molecule has 1 amide bonds. The zero-order valence-corrected chi connectivity index (χ0v) is 16.7. The number of phosphoric ester groups is 1. The molecule has 174 valence electrons. The first-order valence-corrected chi connectivity index (χ1v) is 9.95. The molecule has 9 N–H and O–H groups in total. The van der Waals surface area contributed by atoms with Crippen LogP contribution in [0.1, 0.15) is 23.0 Å². The lowest BCUT2D eigenvalue weighted by Crippen LogP contribution is -2.65. The number of ether oxygens (including phenoxy) is 1. The Bertz CT molecular complexity index is 846. The SMILES string of the molecule is NC(=O)c1ccc[n+]([C@@H]2O[C@H](COP(=O)([O-])[O-])[C@@H](O)[C@H]2O)c1.[NH3+][C@@H](CC(=O)O)C(=O)O. The number of quaternary nitrogens is 1. The van der Waals surface area contributed by atoms with Gasteiger partial charge in [-0.3, -0.25) is 9.59 Å². The number of aliphatic hydroxyl groups excluding tert-OH is 2. The fraction of sp³-hybridized carbons (Fsp3) is 0.467. The van der Waals surface area contributed by atoms with Gasteiger partial charge in [0.05, 0.1) is 14.4 Å². The number of aromatic nitrogens is 1. The van der Waals surface area contributed by atoms with Gasteiger partial charge in [-0.1, -0.05) is 0 Å². The van der Waals surface area contributed by atoms with E-state index >= 15 is 0 Å². The van der Waals surface area contributed by atoms with E-state index in [0.29, 0.717) is 0 Å². The number of amides is 1. The molecule has 31 heavy (non-hydrogen) atoms. The number of nitrogens with two attached hydrogens (primary N) is 1. The summed E-state index contributed by atoms with van der Waals surface area (Å²) in [5.74, 6) is -3.02. The van der Waals surface area contributed by atoms with Crippen molar-refractivity contribution >= 4 is 25.7 Å². The summed E-state index contributed by atoms with van der Waals surface area (Å²) in [5.41, 5.74) is 8.39. The van der Waals surface area contributed by atoms with Crippen molar-refractivity contribution in [1.29, 1.82) is 0 Å². The zero-order chi connectivity index (χ0) is 23.9. The summed E-state index contributed by atoms with van der Waals surface area (Å²) in [5, 5.41) is 35.9. The lowest BCUT2D eigenvalue weighted by Gasteiger charge is -2.30. The molecule has 16 heteroatoms. The van der Waals surface area contributed by atoms with Crippen LogP contribution >= 0.6 is 7.82 Å². The molecule has 1 aliphatic rings. The van der Waals surface area contributed by atoms with Crippen LogP contribution in [0.4, 0.5) is 0 Å². The molecule has 1 aromatic rings. The van der Waals surface area contributed by atoms with E-state index in [2.05, 4.69) is 10.3 Å². The Kier molecular flexibility index (Phi) is 9.61. The molecule has 2 rings (SSSR count). The largest absolute Gasteiger partial charge is 0.790 e. The van der Waals surface area contributed by atoms with E-state index in [0.717, 1.165) is 0 Å². The minimum Gasteiger partial charge on any atom is -0.790 e. The normalized spacial score (nSPS) is 24.0. The molecule has 1 fully saturated rings. The van der Waals surface area contributed by atoms with Gasteiger partial charge in [-0.25, -0.2) is 4.79 Å². The standard InChI is InChI=1S/C11H15N2O8P.C4H7NO4/c12-10(16)6-2-1-3-13(4-6)11-9(15)8(14)7(21-11)5-20-22(17,18)19;5-2(4(8)9)1-3(6)7/h1-4,7-9,11,14-15H,5H2,(H3-,12,16,17,18,19);2H,1,5H2,(H,6,7)(H,8,9)/t7-,8-,9-,11-;2-/m10/s1. The van der Waals surface area contributed by atoms with Crippen molar-refractivity contribution < 1.29 is 68.7 Å². The second-order valence-electron chi connectivity index (χ2n) is 6.33. The summed E-state index contributed by atoms with van der Waals surface area (Å²) < 4.78 is 21.1. The Balaban J connectivity index is 0.000000452. The number of aliphatic hydroxyl groups is 2. The summed E-state index contributed by atoms with van der Waals surface area (Å²) in [6, 6.07) is 1.89. The topological polar surface area (TPSA) is 271 Å². The number of pyridine rings is 1. The molecular formula is C15H22N3O12P. The van der Waals surface area contributed by atoms with Gasteiger partial charge in [0.2, 0.25) is 0 Å². The van der Waals surface area contributed by atoms with Crippen molar-refractivity contribution in [1.82, 2.24) is 0 Å². The fourth-order valence-corrected chi connectivity index (χ4v) is 2.70. The van der Waals surface area contributed by atoms with Crippen molar-refractivity contribution in [2.75, 3.05) is 6.61 Å². The number of rotatable bonds is 8. The summed E-state index contributed by atoms with van der Waals surface area (Å²) in [6.07, 6.45) is -2.86. The first kappa shape index (κ1) is 26.5. The van der Waals surface area contributed by atoms with Gasteiger partial charge in [-0.15, -0.1) is 0 Å². The van der Waals surface area contributed by atoms with E-state index in [1.165, 1.54) is 29.1 Å². The van der Waals surface area contributed by atoms with Crippen LogP contribution in [0, 0.1) is 0 Å². The van der Waals surface area contributed by atoms with Gasteiger partial charge in [-0.05, 0) is 6.07 Å². The molecule has 5 atom stereocenters. The van der Waals surface area contributed by atoms with Gasteiger partial charge in [0.25, 0.3) is 12.1 Å². The highest BCUT2D eigenvalue weighted by Crippen LogP contribution is 2.30. The molecule has 0 bridgehead atoms. The molecule has 2 heterocycles. The number of carboxylic acids is 2. The summed E-state index contributed by atoms with van der Waals surface area (Å²) in [4.78, 5) is 51.7. The number of carboxylic acid groups (broad SMARTS) is 2. The van der Waals surface area contributed by atoms with Crippen molar-refractivity contribution in [3.05, 3.63) is 30.1 Å². The van der Waals surface area contributed by atoms with Crippen molar-refractivity contribution in [2.24, 2.45) is 5.73 Å². The predicted octanol–water partition coefficient (Wildman–Crippen LogP) is -5.31. The first-order chi connectivity index (χ1) is 14.2. The molecule has 1 aromatic heterocycles. The first-order valence-electron chi connectivity index (χ1n) is 8.49. The van der Waals surface area contributed by atoms with Crippen LogP contribution in [0.3, 0.4) is 0 Å². The van der Waals surface area contributed by atoms with E-state index in [4.69, 9.17) is 20.7 Å². The second kappa shape index (κ2) is 11.2. The maximum Gasteiger partial charge on any atom is 0.362 e. The maximum absolute atomic E-state index is 11.1. The van der Waals surface area contributed by atoms with Crippen LogP contribution in [0.5, 0.6) is 0 Å². The van der Waals surface area contributed by atoms with Gasteiger partial charge in [0, 0.05) is 6.07 Å². The number of carbonyl (C=O) groups excluding carboxylic acids is 1. The van der Waals surface area contributed by atoms with Crippen molar-refractivity contribution in [2.45, 2.75) is 37.0 Å². The third-order valence-electron chi connectivity index (χ3n) is 3.90. The van der Waals surface area contributed by atoms with Gasteiger partial charge in [-0.2, -0.15) is 4.57 Å². The smallest absolute Gasteiger partial charge is 0.362 e. The lowest BCUT2D eigenvalue weighted by atomic mass is 10.1. The van der Waals surface area contributed by atoms with Crippen LogP contribution in [-0.4, -0.2) is 69.2 Å². The van der Waals surface area contributed by atoms with Gasteiger partial charge < -0.3 is 55.5 Å². The average Bonchev–Trinajstić information content (AvgIpc) is 2.94. The number of carbonyl (C=O) groups is 3. The number of aliphatic carboxylic acids is 2. The van der Waals surface area contributed by atoms with Crippen LogP contribution in [-0.2, 0) is 23.4 Å². The van der Waals surface area contributed by atoms with E-state index in [9.17, 15) is 38.9 Å². The number of nitrogens with zero attached hydrogens (tertiary/aromatic N) is 1. The average molecular weight is 467 g/mol.